The number of H-pyrrole nitrogens is 1. The first kappa shape index (κ1) is 13.5. The van der Waals surface area contributed by atoms with Gasteiger partial charge in [-0.3, -0.25) is 0 Å². The average Bonchev–Trinajstić information content (AvgIpc) is 2.83. The molecule has 20 heavy (non-hydrogen) atoms. The van der Waals surface area contributed by atoms with Crippen molar-refractivity contribution < 1.29 is 4.74 Å². The van der Waals surface area contributed by atoms with Crippen LogP contribution in [0.3, 0.4) is 0 Å². The summed E-state index contributed by atoms with van der Waals surface area (Å²) in [6.07, 6.45) is 6.35. The van der Waals surface area contributed by atoms with Gasteiger partial charge in [0.05, 0.1) is 7.11 Å². The third-order valence-corrected chi connectivity index (χ3v) is 4.92. The standard InChI is InChI=1S/C17H24N2O/c1-12-16(17(11-18)8-4-3-5-9-17)14-7-6-13(20-2)10-15(14)19-12/h6-7,10,19H,3-5,8-9,11,18H2,1-2H3. The number of aromatic nitrogens is 1. The van der Waals surface area contributed by atoms with E-state index >= 15 is 0 Å². The summed E-state index contributed by atoms with van der Waals surface area (Å²) in [6.45, 7) is 2.92. The summed E-state index contributed by atoms with van der Waals surface area (Å²) in [5.41, 5.74) is 10.2. The number of nitrogens with two attached hydrogens (primary N) is 1. The first-order chi connectivity index (χ1) is 9.70. The highest BCUT2D eigenvalue weighted by molar-refractivity contribution is 5.87. The lowest BCUT2D eigenvalue weighted by Crippen LogP contribution is -2.37. The molecule has 0 aliphatic heterocycles. The topological polar surface area (TPSA) is 51.0 Å². The molecular formula is C17H24N2O. The fourth-order valence-corrected chi connectivity index (χ4v) is 3.91. The maximum atomic E-state index is 6.21. The van der Waals surface area contributed by atoms with Gasteiger partial charge in [-0.05, 0) is 37.5 Å². The molecule has 0 spiro atoms. The average molecular weight is 272 g/mol. The second-order valence-corrected chi connectivity index (χ2v) is 6.08. The van der Waals surface area contributed by atoms with Crippen molar-refractivity contribution in [3.05, 3.63) is 29.5 Å². The number of fused-ring (bicyclic) bond motifs is 1. The lowest BCUT2D eigenvalue weighted by atomic mass is 9.68. The summed E-state index contributed by atoms with van der Waals surface area (Å²) < 4.78 is 5.32. The molecule has 0 bridgehead atoms. The molecule has 1 heterocycles. The number of hydrogen-bond donors (Lipinski definition) is 2. The van der Waals surface area contributed by atoms with Gasteiger partial charge in [0.2, 0.25) is 0 Å². The Bertz CT molecular complexity index is 609. The minimum Gasteiger partial charge on any atom is -0.497 e. The Morgan fingerprint density at radius 3 is 2.65 bits per heavy atom. The van der Waals surface area contributed by atoms with Crippen LogP contribution in [-0.4, -0.2) is 18.6 Å². The summed E-state index contributed by atoms with van der Waals surface area (Å²) in [5, 5.41) is 1.32. The summed E-state index contributed by atoms with van der Waals surface area (Å²) in [7, 11) is 1.71. The van der Waals surface area contributed by atoms with Crippen molar-refractivity contribution in [1.82, 2.24) is 4.98 Å². The lowest BCUT2D eigenvalue weighted by Gasteiger charge is -2.37. The van der Waals surface area contributed by atoms with E-state index in [1.54, 1.807) is 7.11 Å². The second kappa shape index (κ2) is 5.13. The van der Waals surface area contributed by atoms with E-state index < -0.39 is 0 Å². The van der Waals surface area contributed by atoms with Crippen molar-refractivity contribution in [2.75, 3.05) is 13.7 Å². The maximum absolute atomic E-state index is 6.21. The minimum atomic E-state index is 0.162. The lowest BCUT2D eigenvalue weighted by molar-refractivity contribution is 0.302. The van der Waals surface area contributed by atoms with E-state index in [0.29, 0.717) is 0 Å². The highest BCUT2D eigenvalue weighted by Crippen LogP contribution is 2.43. The first-order valence-corrected chi connectivity index (χ1v) is 7.57. The first-order valence-electron chi connectivity index (χ1n) is 7.57. The number of nitrogens with one attached hydrogen (secondary N) is 1. The molecule has 0 unspecified atom stereocenters. The number of aromatic amines is 1. The van der Waals surface area contributed by atoms with Crippen LogP contribution in [0.5, 0.6) is 5.75 Å². The zero-order valence-corrected chi connectivity index (χ0v) is 12.5. The Balaban J connectivity index is 2.16. The van der Waals surface area contributed by atoms with Crippen LogP contribution < -0.4 is 10.5 Å². The van der Waals surface area contributed by atoms with Gasteiger partial charge >= 0.3 is 0 Å². The SMILES string of the molecule is COc1ccc2c(C3(CN)CCCCC3)c(C)[nH]c2c1. The van der Waals surface area contributed by atoms with Crippen LogP contribution >= 0.6 is 0 Å². The van der Waals surface area contributed by atoms with Gasteiger partial charge < -0.3 is 15.5 Å². The van der Waals surface area contributed by atoms with Gasteiger partial charge in [0.25, 0.3) is 0 Å². The molecule has 3 N–H and O–H groups in total. The molecule has 3 rings (SSSR count). The predicted octanol–water partition coefficient (Wildman–Crippen LogP) is 3.65. The van der Waals surface area contributed by atoms with E-state index in [4.69, 9.17) is 10.5 Å². The number of methoxy groups -OCH3 is 1. The van der Waals surface area contributed by atoms with Gasteiger partial charge in [-0.15, -0.1) is 0 Å². The smallest absolute Gasteiger partial charge is 0.120 e. The molecule has 1 aliphatic carbocycles. The molecule has 0 atom stereocenters. The maximum Gasteiger partial charge on any atom is 0.120 e. The normalized spacial score (nSPS) is 18.4. The van der Waals surface area contributed by atoms with Crippen molar-refractivity contribution in [1.29, 1.82) is 0 Å². The molecule has 0 radical (unpaired) electrons. The molecule has 1 aliphatic rings. The zero-order chi connectivity index (χ0) is 14.2. The largest absolute Gasteiger partial charge is 0.497 e. The number of ether oxygens (including phenoxy) is 1. The molecule has 1 aromatic heterocycles. The highest BCUT2D eigenvalue weighted by atomic mass is 16.5. The molecule has 1 aromatic carbocycles. The zero-order valence-electron chi connectivity index (χ0n) is 12.5. The highest BCUT2D eigenvalue weighted by Gasteiger charge is 2.35. The van der Waals surface area contributed by atoms with Crippen LogP contribution in [0.1, 0.15) is 43.4 Å². The quantitative estimate of drug-likeness (QED) is 0.896. The van der Waals surface area contributed by atoms with E-state index in [1.165, 1.54) is 48.7 Å². The number of hydrogen-bond acceptors (Lipinski definition) is 2. The van der Waals surface area contributed by atoms with Crippen LogP contribution in [0.2, 0.25) is 0 Å². The van der Waals surface area contributed by atoms with Crippen LogP contribution in [0.15, 0.2) is 18.2 Å². The molecule has 108 valence electrons. The molecular weight excluding hydrogens is 248 g/mol. The fourth-order valence-electron chi connectivity index (χ4n) is 3.91. The monoisotopic (exact) mass is 272 g/mol. The van der Waals surface area contributed by atoms with Gasteiger partial charge in [0.15, 0.2) is 0 Å². The van der Waals surface area contributed by atoms with Gasteiger partial charge in [0, 0.05) is 34.6 Å². The van der Waals surface area contributed by atoms with E-state index in [9.17, 15) is 0 Å². The summed E-state index contributed by atoms with van der Waals surface area (Å²) >= 11 is 0. The molecule has 1 saturated carbocycles. The molecule has 3 heteroatoms. The Hall–Kier alpha value is -1.48. The van der Waals surface area contributed by atoms with Crippen molar-refractivity contribution in [3.8, 4) is 5.75 Å². The molecule has 2 aromatic rings. The third kappa shape index (κ3) is 2.01. The minimum absolute atomic E-state index is 0.162. The second-order valence-electron chi connectivity index (χ2n) is 6.08. The van der Waals surface area contributed by atoms with Crippen LogP contribution in [0.25, 0.3) is 10.9 Å². The van der Waals surface area contributed by atoms with E-state index in [2.05, 4.69) is 24.0 Å². The summed E-state index contributed by atoms with van der Waals surface area (Å²) in [5.74, 6) is 0.899. The third-order valence-electron chi connectivity index (χ3n) is 4.92. The number of rotatable bonds is 3. The molecule has 0 amide bonds. The van der Waals surface area contributed by atoms with Gasteiger partial charge in [-0.25, -0.2) is 0 Å². The van der Waals surface area contributed by atoms with Crippen molar-refractivity contribution in [2.24, 2.45) is 5.73 Å². The Kier molecular flexibility index (Phi) is 3.47. The van der Waals surface area contributed by atoms with Gasteiger partial charge in [-0.1, -0.05) is 19.3 Å². The number of benzene rings is 1. The Labute approximate surface area is 120 Å². The van der Waals surface area contributed by atoms with Crippen molar-refractivity contribution >= 4 is 10.9 Å². The van der Waals surface area contributed by atoms with Crippen LogP contribution in [0.4, 0.5) is 0 Å². The fraction of sp³-hybridized carbons (Fsp3) is 0.529. The molecule has 0 saturated heterocycles. The van der Waals surface area contributed by atoms with Crippen molar-refractivity contribution in [2.45, 2.75) is 44.4 Å². The molecule has 3 nitrogen and oxygen atoms in total. The Morgan fingerprint density at radius 1 is 1.25 bits per heavy atom. The van der Waals surface area contributed by atoms with Crippen LogP contribution in [-0.2, 0) is 5.41 Å². The summed E-state index contributed by atoms with van der Waals surface area (Å²) in [6, 6.07) is 6.31. The Morgan fingerprint density at radius 2 is 2.00 bits per heavy atom. The predicted molar refractivity (Wildman–Crippen MR) is 83.4 cm³/mol. The van der Waals surface area contributed by atoms with E-state index in [1.807, 2.05) is 6.07 Å². The summed E-state index contributed by atoms with van der Waals surface area (Å²) in [4.78, 5) is 3.52. The number of aryl methyl sites for hydroxylation is 1. The van der Waals surface area contributed by atoms with Crippen molar-refractivity contribution in [3.63, 3.8) is 0 Å². The van der Waals surface area contributed by atoms with E-state index in [0.717, 1.165) is 17.8 Å². The van der Waals surface area contributed by atoms with Crippen LogP contribution in [0, 0.1) is 6.92 Å². The van der Waals surface area contributed by atoms with Gasteiger partial charge in [0.1, 0.15) is 5.75 Å². The van der Waals surface area contributed by atoms with Gasteiger partial charge in [-0.2, -0.15) is 0 Å². The molecule has 1 fully saturated rings. The van der Waals surface area contributed by atoms with E-state index in [-0.39, 0.29) is 5.41 Å².